The van der Waals surface area contributed by atoms with Gasteiger partial charge in [0.25, 0.3) is 0 Å². The molecule has 16 heavy (non-hydrogen) atoms. The van der Waals surface area contributed by atoms with Crippen LogP contribution in [0.4, 0.5) is 0 Å². The summed E-state index contributed by atoms with van der Waals surface area (Å²) in [4.78, 5) is 8.11. The molecule has 2 saturated heterocycles. The summed E-state index contributed by atoms with van der Waals surface area (Å²) in [5, 5.41) is 4.11. The van der Waals surface area contributed by atoms with Gasteiger partial charge < -0.3 is 10.1 Å². The van der Waals surface area contributed by atoms with Gasteiger partial charge in [-0.3, -0.25) is 0 Å². The fraction of sp³-hybridized carbons (Fsp3) is 0.636. The number of hydrogen-bond donors (Lipinski definition) is 1. The highest BCUT2D eigenvalue weighted by atomic mass is 35.5. The molecule has 2 atom stereocenters. The number of hydrogen-bond acceptors (Lipinski definition) is 4. The Hall–Kier alpha value is -0.870. The van der Waals surface area contributed by atoms with Crippen LogP contribution in [-0.2, 0) is 0 Å². The zero-order valence-electron chi connectivity index (χ0n) is 8.90. The Balaban J connectivity index is 1.64. The number of piperidine rings is 1. The molecule has 5 heteroatoms. The van der Waals surface area contributed by atoms with Crippen LogP contribution in [0.25, 0.3) is 0 Å². The molecule has 3 rings (SSSR count). The Morgan fingerprint density at radius 2 is 1.81 bits per heavy atom. The van der Waals surface area contributed by atoms with Crippen LogP contribution in [0, 0.1) is 0 Å². The van der Waals surface area contributed by atoms with E-state index in [0.717, 1.165) is 12.8 Å². The van der Waals surface area contributed by atoms with Crippen molar-refractivity contribution in [3.05, 3.63) is 17.4 Å². The Morgan fingerprint density at radius 3 is 2.44 bits per heavy atom. The Kier molecular flexibility index (Phi) is 2.69. The maximum atomic E-state index is 5.77. The molecule has 1 aromatic heterocycles. The van der Waals surface area contributed by atoms with E-state index in [1.807, 2.05) is 0 Å². The number of nitrogens with zero attached hydrogens (tertiary/aromatic N) is 2. The molecule has 1 N–H and O–H groups in total. The lowest BCUT2D eigenvalue weighted by atomic mass is 10.0. The van der Waals surface area contributed by atoms with Gasteiger partial charge in [0, 0.05) is 12.1 Å². The number of ether oxygens (including phenoxy) is 1. The van der Waals surface area contributed by atoms with E-state index < -0.39 is 0 Å². The molecule has 2 aliphatic rings. The predicted octanol–water partition coefficient (Wildman–Crippen LogP) is 1.79. The lowest BCUT2D eigenvalue weighted by Gasteiger charge is -2.28. The summed E-state index contributed by atoms with van der Waals surface area (Å²) in [5.41, 5.74) is 0. The molecule has 2 aliphatic heterocycles. The molecule has 0 radical (unpaired) electrons. The molecule has 0 saturated carbocycles. The average molecular weight is 240 g/mol. The second-order valence-electron chi connectivity index (χ2n) is 4.53. The van der Waals surface area contributed by atoms with Crippen molar-refractivity contribution < 1.29 is 4.74 Å². The normalized spacial score (nSPS) is 32.7. The van der Waals surface area contributed by atoms with Gasteiger partial charge in [-0.2, -0.15) is 0 Å². The molecular weight excluding hydrogens is 226 g/mol. The van der Waals surface area contributed by atoms with E-state index in [9.17, 15) is 0 Å². The standard InChI is InChI=1S/C11H14ClN3O/c12-7-5-13-11(14-6-7)16-10-3-8-1-2-9(4-10)15-8/h5-6,8-10,15H,1-4H2. The number of nitrogens with one attached hydrogen (secondary N) is 1. The van der Waals surface area contributed by atoms with Gasteiger partial charge in [-0.1, -0.05) is 11.6 Å². The van der Waals surface area contributed by atoms with Crippen molar-refractivity contribution in [2.45, 2.75) is 43.9 Å². The summed E-state index contributed by atoms with van der Waals surface area (Å²) in [6, 6.07) is 1.68. The molecule has 86 valence electrons. The summed E-state index contributed by atoms with van der Waals surface area (Å²) in [6.45, 7) is 0. The highest BCUT2D eigenvalue weighted by Crippen LogP contribution is 2.28. The quantitative estimate of drug-likeness (QED) is 0.855. The van der Waals surface area contributed by atoms with Gasteiger partial charge in [0.05, 0.1) is 17.4 Å². The summed E-state index contributed by atoms with van der Waals surface area (Å²) >= 11 is 5.72. The molecule has 3 heterocycles. The highest BCUT2D eigenvalue weighted by Gasteiger charge is 2.34. The molecule has 1 aromatic rings. The van der Waals surface area contributed by atoms with Gasteiger partial charge in [-0.15, -0.1) is 0 Å². The van der Waals surface area contributed by atoms with E-state index >= 15 is 0 Å². The average Bonchev–Trinajstić information content (AvgIpc) is 2.62. The lowest BCUT2D eigenvalue weighted by Crippen LogP contribution is -2.42. The first-order valence-electron chi connectivity index (χ1n) is 5.70. The smallest absolute Gasteiger partial charge is 0.316 e. The van der Waals surface area contributed by atoms with Crippen molar-refractivity contribution in [1.29, 1.82) is 0 Å². The predicted molar refractivity (Wildman–Crippen MR) is 60.6 cm³/mol. The Labute approximate surface area is 99.4 Å². The SMILES string of the molecule is Clc1cnc(OC2CC3CCC(C2)N3)nc1. The molecule has 0 amide bonds. The Morgan fingerprint density at radius 1 is 1.19 bits per heavy atom. The number of rotatable bonds is 2. The van der Waals surface area contributed by atoms with Gasteiger partial charge >= 0.3 is 6.01 Å². The molecule has 4 nitrogen and oxygen atoms in total. The maximum Gasteiger partial charge on any atom is 0.316 e. The van der Waals surface area contributed by atoms with Crippen LogP contribution in [0.1, 0.15) is 25.7 Å². The molecule has 0 aliphatic carbocycles. The van der Waals surface area contributed by atoms with Gasteiger partial charge in [-0.05, 0) is 25.7 Å². The molecule has 0 aromatic carbocycles. The second-order valence-corrected chi connectivity index (χ2v) is 4.97. The van der Waals surface area contributed by atoms with E-state index in [1.165, 1.54) is 12.8 Å². The van der Waals surface area contributed by atoms with Crippen molar-refractivity contribution >= 4 is 11.6 Å². The van der Waals surface area contributed by atoms with Crippen LogP contribution in [0.5, 0.6) is 6.01 Å². The first-order valence-corrected chi connectivity index (χ1v) is 6.07. The van der Waals surface area contributed by atoms with Gasteiger partial charge in [-0.25, -0.2) is 9.97 Å². The van der Waals surface area contributed by atoms with E-state index in [0.29, 0.717) is 23.1 Å². The molecular formula is C11H14ClN3O. The first kappa shape index (κ1) is 10.3. The lowest BCUT2D eigenvalue weighted by molar-refractivity contribution is 0.126. The van der Waals surface area contributed by atoms with Crippen molar-refractivity contribution in [3.8, 4) is 6.01 Å². The summed E-state index contributed by atoms with van der Waals surface area (Å²) in [5.74, 6) is 0. The number of halogens is 1. The third-order valence-electron chi connectivity index (χ3n) is 3.30. The van der Waals surface area contributed by atoms with Crippen LogP contribution in [0.2, 0.25) is 5.02 Å². The van der Waals surface area contributed by atoms with Crippen LogP contribution in [0.3, 0.4) is 0 Å². The Bertz CT molecular complexity index is 358. The summed E-state index contributed by atoms with van der Waals surface area (Å²) in [7, 11) is 0. The molecule has 0 spiro atoms. The minimum absolute atomic E-state index is 0.250. The maximum absolute atomic E-state index is 5.77. The van der Waals surface area contributed by atoms with Gasteiger partial charge in [0.2, 0.25) is 0 Å². The first-order chi connectivity index (χ1) is 7.79. The zero-order chi connectivity index (χ0) is 11.0. The van der Waals surface area contributed by atoms with Crippen LogP contribution in [-0.4, -0.2) is 28.2 Å². The van der Waals surface area contributed by atoms with Gasteiger partial charge in [0.15, 0.2) is 0 Å². The van der Waals surface area contributed by atoms with Gasteiger partial charge in [0.1, 0.15) is 6.10 Å². The fourth-order valence-corrected chi connectivity index (χ4v) is 2.71. The van der Waals surface area contributed by atoms with Crippen molar-refractivity contribution in [3.63, 3.8) is 0 Å². The monoisotopic (exact) mass is 239 g/mol. The fourth-order valence-electron chi connectivity index (χ4n) is 2.61. The topological polar surface area (TPSA) is 47.0 Å². The minimum Gasteiger partial charge on any atom is -0.460 e. The summed E-state index contributed by atoms with van der Waals surface area (Å²) < 4.78 is 5.77. The number of aromatic nitrogens is 2. The van der Waals surface area contributed by atoms with Crippen LogP contribution in [0.15, 0.2) is 12.4 Å². The van der Waals surface area contributed by atoms with Crippen LogP contribution >= 0.6 is 11.6 Å². The second kappa shape index (κ2) is 4.18. The van der Waals surface area contributed by atoms with Crippen molar-refractivity contribution in [1.82, 2.24) is 15.3 Å². The van der Waals surface area contributed by atoms with E-state index in [4.69, 9.17) is 16.3 Å². The third-order valence-corrected chi connectivity index (χ3v) is 3.49. The highest BCUT2D eigenvalue weighted by molar-refractivity contribution is 6.30. The van der Waals surface area contributed by atoms with E-state index in [2.05, 4.69) is 15.3 Å². The third kappa shape index (κ3) is 2.13. The molecule has 2 fully saturated rings. The zero-order valence-corrected chi connectivity index (χ0v) is 9.65. The largest absolute Gasteiger partial charge is 0.460 e. The van der Waals surface area contributed by atoms with E-state index in [-0.39, 0.29) is 6.10 Å². The molecule has 2 unspecified atom stereocenters. The summed E-state index contributed by atoms with van der Waals surface area (Å²) in [6.07, 6.45) is 8.04. The minimum atomic E-state index is 0.250. The molecule has 2 bridgehead atoms. The van der Waals surface area contributed by atoms with Crippen molar-refractivity contribution in [2.24, 2.45) is 0 Å². The van der Waals surface area contributed by atoms with E-state index in [1.54, 1.807) is 12.4 Å². The van der Waals surface area contributed by atoms with Crippen molar-refractivity contribution in [2.75, 3.05) is 0 Å². The van der Waals surface area contributed by atoms with Crippen LogP contribution < -0.4 is 10.1 Å². The number of fused-ring (bicyclic) bond motifs is 2.